The van der Waals surface area contributed by atoms with E-state index in [1.165, 1.54) is 32.4 Å². The summed E-state index contributed by atoms with van der Waals surface area (Å²) in [5.74, 6) is 0. The predicted octanol–water partition coefficient (Wildman–Crippen LogP) is 1.78. The first-order valence-corrected chi connectivity index (χ1v) is 4.53. The Kier molecular flexibility index (Phi) is 4.00. The van der Waals surface area contributed by atoms with E-state index in [1.54, 1.807) is 0 Å². The molecular weight excluding hydrogens is 136 g/mol. The van der Waals surface area contributed by atoms with Crippen LogP contribution in [0.2, 0.25) is 0 Å². The van der Waals surface area contributed by atoms with Gasteiger partial charge in [0.25, 0.3) is 0 Å². The molecule has 1 heterocycles. The van der Waals surface area contributed by atoms with Crippen molar-refractivity contribution in [2.45, 2.75) is 32.1 Å². The maximum absolute atomic E-state index is 8.33. The average molecular weight is 152 g/mol. The second kappa shape index (κ2) is 5.15. The molecule has 0 aliphatic carbocycles. The Morgan fingerprint density at radius 2 is 1.91 bits per heavy atom. The zero-order chi connectivity index (χ0) is 7.94. The topological polar surface area (TPSA) is 27.0 Å². The quantitative estimate of drug-likeness (QED) is 0.576. The van der Waals surface area contributed by atoms with Crippen LogP contribution in [-0.2, 0) is 0 Å². The molecule has 0 amide bonds. The highest BCUT2D eigenvalue weighted by atomic mass is 15.1. The van der Waals surface area contributed by atoms with Gasteiger partial charge in [-0.05, 0) is 38.9 Å². The van der Waals surface area contributed by atoms with Gasteiger partial charge >= 0.3 is 0 Å². The first kappa shape index (κ1) is 8.55. The average Bonchev–Trinajstić information content (AvgIpc) is 2.07. The summed E-state index contributed by atoms with van der Waals surface area (Å²) >= 11 is 0. The number of hydrogen-bond acceptors (Lipinski definition) is 2. The molecule has 1 rings (SSSR count). The molecule has 1 aliphatic rings. The molecule has 11 heavy (non-hydrogen) atoms. The molecule has 0 N–H and O–H groups in total. The standard InChI is InChI=1S/C9H16N2/c10-6-2-5-9-11-7-3-1-4-8-11/h1-5,7-9H2. The van der Waals surface area contributed by atoms with E-state index in [4.69, 9.17) is 5.26 Å². The van der Waals surface area contributed by atoms with Gasteiger partial charge < -0.3 is 4.90 Å². The summed E-state index contributed by atoms with van der Waals surface area (Å²) in [7, 11) is 0. The Labute approximate surface area is 68.8 Å². The predicted molar refractivity (Wildman–Crippen MR) is 45.1 cm³/mol. The van der Waals surface area contributed by atoms with E-state index in [0.29, 0.717) is 0 Å². The van der Waals surface area contributed by atoms with E-state index in [2.05, 4.69) is 11.0 Å². The van der Waals surface area contributed by atoms with Crippen LogP contribution in [0.1, 0.15) is 32.1 Å². The highest BCUT2D eigenvalue weighted by Crippen LogP contribution is 2.08. The van der Waals surface area contributed by atoms with Gasteiger partial charge in [0, 0.05) is 6.42 Å². The maximum atomic E-state index is 8.33. The van der Waals surface area contributed by atoms with Gasteiger partial charge in [0.1, 0.15) is 0 Å². The van der Waals surface area contributed by atoms with Crippen LogP contribution < -0.4 is 0 Å². The number of likely N-dealkylation sites (tertiary alicyclic amines) is 1. The van der Waals surface area contributed by atoms with Crippen LogP contribution in [0.5, 0.6) is 0 Å². The molecule has 0 bridgehead atoms. The third-order valence-electron chi connectivity index (χ3n) is 2.21. The fourth-order valence-corrected chi connectivity index (χ4v) is 1.56. The van der Waals surface area contributed by atoms with Gasteiger partial charge in [0.2, 0.25) is 0 Å². The van der Waals surface area contributed by atoms with Crippen molar-refractivity contribution in [1.29, 1.82) is 5.26 Å². The van der Waals surface area contributed by atoms with Crippen molar-refractivity contribution in [1.82, 2.24) is 4.90 Å². The smallest absolute Gasteiger partial charge is 0.0622 e. The minimum absolute atomic E-state index is 0.719. The minimum Gasteiger partial charge on any atom is -0.303 e. The van der Waals surface area contributed by atoms with E-state index >= 15 is 0 Å². The number of rotatable bonds is 3. The molecule has 0 saturated carbocycles. The van der Waals surface area contributed by atoms with Crippen LogP contribution in [0.15, 0.2) is 0 Å². The summed E-state index contributed by atoms with van der Waals surface area (Å²) in [6, 6.07) is 2.18. The molecule has 0 unspecified atom stereocenters. The summed E-state index contributed by atoms with van der Waals surface area (Å²) in [5, 5.41) is 8.33. The Morgan fingerprint density at radius 3 is 2.55 bits per heavy atom. The molecule has 0 aromatic rings. The highest BCUT2D eigenvalue weighted by Gasteiger charge is 2.08. The van der Waals surface area contributed by atoms with E-state index in [1.807, 2.05) is 0 Å². The lowest BCUT2D eigenvalue weighted by atomic mass is 10.1. The normalized spacial score (nSPS) is 19.5. The summed E-state index contributed by atoms with van der Waals surface area (Å²) < 4.78 is 0. The van der Waals surface area contributed by atoms with Crippen molar-refractivity contribution in [2.24, 2.45) is 0 Å². The van der Waals surface area contributed by atoms with Crippen LogP contribution in [0.25, 0.3) is 0 Å². The number of unbranched alkanes of at least 4 members (excludes halogenated alkanes) is 1. The second-order valence-electron chi connectivity index (χ2n) is 3.16. The Balaban J connectivity index is 2.01. The van der Waals surface area contributed by atoms with Gasteiger partial charge in [0.15, 0.2) is 0 Å². The van der Waals surface area contributed by atoms with Crippen molar-refractivity contribution in [2.75, 3.05) is 19.6 Å². The van der Waals surface area contributed by atoms with Crippen LogP contribution in [-0.4, -0.2) is 24.5 Å². The molecule has 0 atom stereocenters. The summed E-state index contributed by atoms with van der Waals surface area (Å²) in [6.07, 6.45) is 5.88. The van der Waals surface area contributed by atoms with Crippen molar-refractivity contribution >= 4 is 0 Å². The van der Waals surface area contributed by atoms with E-state index < -0.39 is 0 Å². The molecule has 0 aromatic carbocycles. The van der Waals surface area contributed by atoms with Crippen LogP contribution in [0.3, 0.4) is 0 Å². The Morgan fingerprint density at radius 1 is 1.18 bits per heavy atom. The number of hydrogen-bond donors (Lipinski definition) is 0. The van der Waals surface area contributed by atoms with Gasteiger partial charge in [-0.1, -0.05) is 6.42 Å². The first-order chi connectivity index (χ1) is 5.43. The van der Waals surface area contributed by atoms with E-state index in [9.17, 15) is 0 Å². The van der Waals surface area contributed by atoms with Crippen molar-refractivity contribution in [3.8, 4) is 6.07 Å². The summed E-state index contributed by atoms with van der Waals surface area (Å²) in [4.78, 5) is 2.47. The van der Waals surface area contributed by atoms with Crippen LogP contribution in [0, 0.1) is 11.3 Å². The van der Waals surface area contributed by atoms with Crippen molar-refractivity contribution in [3.63, 3.8) is 0 Å². The van der Waals surface area contributed by atoms with E-state index in [-0.39, 0.29) is 0 Å². The van der Waals surface area contributed by atoms with Gasteiger partial charge in [0.05, 0.1) is 6.07 Å². The zero-order valence-electron chi connectivity index (χ0n) is 7.05. The van der Waals surface area contributed by atoms with Gasteiger partial charge in [-0.25, -0.2) is 0 Å². The first-order valence-electron chi connectivity index (χ1n) is 4.53. The molecule has 1 aliphatic heterocycles. The highest BCUT2D eigenvalue weighted by molar-refractivity contribution is 4.71. The maximum Gasteiger partial charge on any atom is 0.0622 e. The molecule has 0 aromatic heterocycles. The van der Waals surface area contributed by atoms with E-state index in [0.717, 1.165) is 19.4 Å². The number of nitriles is 1. The monoisotopic (exact) mass is 152 g/mol. The lowest BCUT2D eigenvalue weighted by Crippen LogP contribution is -2.30. The lowest BCUT2D eigenvalue weighted by Gasteiger charge is -2.25. The van der Waals surface area contributed by atoms with Gasteiger partial charge in [-0.2, -0.15) is 5.26 Å². The number of nitrogens with zero attached hydrogens (tertiary/aromatic N) is 2. The summed E-state index contributed by atoms with van der Waals surface area (Å²) in [5.41, 5.74) is 0. The second-order valence-corrected chi connectivity index (χ2v) is 3.16. The van der Waals surface area contributed by atoms with Crippen molar-refractivity contribution in [3.05, 3.63) is 0 Å². The Hall–Kier alpha value is -0.550. The largest absolute Gasteiger partial charge is 0.303 e. The van der Waals surface area contributed by atoms with Gasteiger partial charge in [-0.3, -0.25) is 0 Å². The van der Waals surface area contributed by atoms with Crippen LogP contribution in [0.4, 0.5) is 0 Å². The van der Waals surface area contributed by atoms with Crippen LogP contribution >= 0.6 is 0 Å². The zero-order valence-corrected chi connectivity index (χ0v) is 7.05. The molecule has 1 fully saturated rings. The molecule has 0 radical (unpaired) electrons. The Bertz CT molecular complexity index is 131. The molecule has 2 nitrogen and oxygen atoms in total. The van der Waals surface area contributed by atoms with Crippen molar-refractivity contribution < 1.29 is 0 Å². The fourth-order valence-electron chi connectivity index (χ4n) is 1.56. The third-order valence-corrected chi connectivity index (χ3v) is 2.21. The molecular formula is C9H16N2. The molecule has 1 saturated heterocycles. The molecule has 62 valence electrons. The molecule has 0 spiro atoms. The number of piperidine rings is 1. The van der Waals surface area contributed by atoms with Gasteiger partial charge in [-0.15, -0.1) is 0 Å². The summed E-state index contributed by atoms with van der Waals surface area (Å²) in [6.45, 7) is 3.64. The fraction of sp³-hybridized carbons (Fsp3) is 0.889. The minimum atomic E-state index is 0.719. The molecule has 2 heteroatoms. The SMILES string of the molecule is N#CCCCN1CCCCC1. The lowest BCUT2D eigenvalue weighted by molar-refractivity contribution is 0.227. The third kappa shape index (κ3) is 3.38.